The van der Waals surface area contributed by atoms with E-state index >= 15 is 0 Å². The Labute approximate surface area is 91.9 Å². The Balaban J connectivity index is 2.07. The first-order valence-electron chi connectivity index (χ1n) is 5.24. The van der Waals surface area contributed by atoms with Gasteiger partial charge in [0.15, 0.2) is 0 Å². The summed E-state index contributed by atoms with van der Waals surface area (Å²) in [5.74, 6) is -2.40. The molecule has 1 aromatic rings. The van der Waals surface area contributed by atoms with Crippen molar-refractivity contribution in [2.24, 2.45) is 11.8 Å². The van der Waals surface area contributed by atoms with E-state index in [1.807, 2.05) is 0 Å². The van der Waals surface area contributed by atoms with Crippen molar-refractivity contribution in [2.45, 2.75) is 19.3 Å². The highest BCUT2D eigenvalue weighted by atomic mass is 19.1. The summed E-state index contributed by atoms with van der Waals surface area (Å²) in [5, 5.41) is 8.84. The third-order valence-corrected chi connectivity index (χ3v) is 3.23. The van der Waals surface area contributed by atoms with Crippen molar-refractivity contribution in [1.29, 1.82) is 0 Å². The number of hydrogen-bond donors (Lipinski definition) is 1. The summed E-state index contributed by atoms with van der Waals surface area (Å²) in [6.07, 6.45) is 1.83. The summed E-state index contributed by atoms with van der Waals surface area (Å²) in [5.41, 5.74) is 0.400. The standard InChI is InChI=1S/C12H12F2O2/c13-9-3-1-8(11(14)6-9)5-7-2-4-10(7)12(15)16/h1,3,6-7,10H,2,4-5H2,(H,15,16). The second-order valence-electron chi connectivity index (χ2n) is 4.22. The lowest BCUT2D eigenvalue weighted by Gasteiger charge is -2.33. The predicted molar refractivity (Wildman–Crippen MR) is 53.9 cm³/mol. The van der Waals surface area contributed by atoms with Gasteiger partial charge in [-0.1, -0.05) is 6.07 Å². The molecule has 1 aliphatic rings. The highest BCUT2D eigenvalue weighted by Gasteiger charge is 2.36. The maximum atomic E-state index is 13.3. The maximum Gasteiger partial charge on any atom is 0.306 e. The van der Waals surface area contributed by atoms with Gasteiger partial charge in [0.2, 0.25) is 0 Å². The lowest BCUT2D eigenvalue weighted by Crippen LogP contribution is -2.34. The van der Waals surface area contributed by atoms with Crippen LogP contribution < -0.4 is 0 Å². The second kappa shape index (κ2) is 4.20. The van der Waals surface area contributed by atoms with Crippen LogP contribution in [-0.2, 0) is 11.2 Å². The number of halogens is 2. The van der Waals surface area contributed by atoms with Gasteiger partial charge < -0.3 is 5.11 Å². The fourth-order valence-electron chi connectivity index (χ4n) is 2.11. The molecule has 16 heavy (non-hydrogen) atoms. The van der Waals surface area contributed by atoms with Crippen LogP contribution in [0.5, 0.6) is 0 Å². The lowest BCUT2D eigenvalue weighted by atomic mass is 9.71. The number of carboxylic acids is 1. The normalized spacial score (nSPS) is 23.9. The minimum Gasteiger partial charge on any atom is -0.481 e. The molecule has 2 nitrogen and oxygen atoms in total. The Hall–Kier alpha value is -1.45. The molecule has 0 bridgehead atoms. The van der Waals surface area contributed by atoms with Gasteiger partial charge in [-0.05, 0) is 36.8 Å². The van der Waals surface area contributed by atoms with E-state index in [1.54, 1.807) is 0 Å². The third kappa shape index (κ3) is 2.05. The average molecular weight is 226 g/mol. The molecule has 0 amide bonds. The van der Waals surface area contributed by atoms with Crippen LogP contribution in [0.25, 0.3) is 0 Å². The molecule has 1 saturated carbocycles. The Kier molecular flexibility index (Phi) is 2.90. The Morgan fingerprint density at radius 2 is 2.12 bits per heavy atom. The number of rotatable bonds is 3. The van der Waals surface area contributed by atoms with Gasteiger partial charge in [0, 0.05) is 6.07 Å². The van der Waals surface area contributed by atoms with Crippen LogP contribution in [0.15, 0.2) is 18.2 Å². The van der Waals surface area contributed by atoms with E-state index in [0.29, 0.717) is 18.4 Å². The van der Waals surface area contributed by atoms with Gasteiger partial charge in [-0.25, -0.2) is 8.78 Å². The molecule has 2 unspecified atom stereocenters. The monoisotopic (exact) mass is 226 g/mol. The van der Waals surface area contributed by atoms with Gasteiger partial charge >= 0.3 is 5.97 Å². The van der Waals surface area contributed by atoms with Crippen molar-refractivity contribution in [3.05, 3.63) is 35.4 Å². The summed E-state index contributed by atoms with van der Waals surface area (Å²) >= 11 is 0. The van der Waals surface area contributed by atoms with Gasteiger partial charge in [-0.15, -0.1) is 0 Å². The minimum absolute atomic E-state index is 0.0162. The average Bonchev–Trinajstić information content (AvgIpc) is 2.13. The van der Waals surface area contributed by atoms with Gasteiger partial charge in [-0.3, -0.25) is 4.79 Å². The molecule has 0 radical (unpaired) electrons. The smallest absolute Gasteiger partial charge is 0.306 e. The van der Waals surface area contributed by atoms with E-state index in [0.717, 1.165) is 12.5 Å². The van der Waals surface area contributed by atoms with Crippen LogP contribution in [0, 0.1) is 23.5 Å². The van der Waals surface area contributed by atoms with Crippen LogP contribution in [0.3, 0.4) is 0 Å². The molecule has 0 aromatic heterocycles. The number of carbonyl (C=O) groups is 1. The lowest BCUT2D eigenvalue weighted by molar-refractivity contribution is -0.147. The number of aliphatic carboxylic acids is 1. The van der Waals surface area contributed by atoms with Crippen molar-refractivity contribution < 1.29 is 18.7 Å². The SMILES string of the molecule is O=C(O)C1CCC1Cc1ccc(F)cc1F. The molecule has 0 heterocycles. The van der Waals surface area contributed by atoms with E-state index in [2.05, 4.69) is 0 Å². The minimum atomic E-state index is -0.821. The van der Waals surface area contributed by atoms with Crippen LogP contribution in [0.1, 0.15) is 18.4 Å². The second-order valence-corrected chi connectivity index (χ2v) is 4.22. The molecule has 2 atom stereocenters. The van der Waals surface area contributed by atoms with E-state index in [9.17, 15) is 13.6 Å². The molecule has 0 spiro atoms. The van der Waals surface area contributed by atoms with E-state index < -0.39 is 17.6 Å². The molecule has 1 aromatic carbocycles. The first-order chi connectivity index (χ1) is 7.58. The largest absolute Gasteiger partial charge is 0.481 e. The van der Waals surface area contributed by atoms with Crippen LogP contribution in [-0.4, -0.2) is 11.1 Å². The third-order valence-electron chi connectivity index (χ3n) is 3.23. The molecule has 1 aliphatic carbocycles. The first-order valence-corrected chi connectivity index (χ1v) is 5.24. The summed E-state index contributed by atoms with van der Waals surface area (Å²) < 4.78 is 26.0. The fraction of sp³-hybridized carbons (Fsp3) is 0.417. The summed E-state index contributed by atoms with van der Waals surface area (Å²) in [6, 6.07) is 3.43. The molecule has 0 aliphatic heterocycles. The molecule has 0 saturated heterocycles. The number of benzene rings is 1. The highest BCUT2D eigenvalue weighted by molar-refractivity contribution is 5.71. The van der Waals surface area contributed by atoms with E-state index in [4.69, 9.17) is 5.11 Å². The van der Waals surface area contributed by atoms with E-state index in [-0.39, 0.29) is 11.8 Å². The number of carboxylic acid groups (broad SMARTS) is 1. The molecule has 4 heteroatoms. The van der Waals surface area contributed by atoms with Crippen LogP contribution in [0.4, 0.5) is 8.78 Å². The Bertz CT molecular complexity index is 417. The van der Waals surface area contributed by atoms with Gasteiger partial charge in [0.05, 0.1) is 5.92 Å². The quantitative estimate of drug-likeness (QED) is 0.860. The zero-order valence-electron chi connectivity index (χ0n) is 8.62. The fourth-order valence-corrected chi connectivity index (χ4v) is 2.11. The van der Waals surface area contributed by atoms with Gasteiger partial charge in [0.1, 0.15) is 11.6 Å². The predicted octanol–water partition coefficient (Wildman–Crippen LogP) is 2.62. The summed E-state index contributed by atoms with van der Waals surface area (Å²) in [4.78, 5) is 10.8. The summed E-state index contributed by atoms with van der Waals surface area (Å²) in [7, 11) is 0. The summed E-state index contributed by atoms with van der Waals surface area (Å²) in [6.45, 7) is 0. The van der Waals surface area contributed by atoms with Crippen molar-refractivity contribution in [1.82, 2.24) is 0 Å². The van der Waals surface area contributed by atoms with Crippen molar-refractivity contribution >= 4 is 5.97 Å². The van der Waals surface area contributed by atoms with E-state index in [1.165, 1.54) is 12.1 Å². The van der Waals surface area contributed by atoms with Crippen molar-refractivity contribution in [3.63, 3.8) is 0 Å². The zero-order chi connectivity index (χ0) is 11.7. The first kappa shape index (κ1) is 11.0. The van der Waals surface area contributed by atoms with Crippen molar-refractivity contribution in [3.8, 4) is 0 Å². The molecule has 2 rings (SSSR count). The molecular weight excluding hydrogens is 214 g/mol. The van der Waals surface area contributed by atoms with Gasteiger partial charge in [0.25, 0.3) is 0 Å². The number of hydrogen-bond acceptors (Lipinski definition) is 1. The zero-order valence-corrected chi connectivity index (χ0v) is 8.62. The van der Waals surface area contributed by atoms with Crippen LogP contribution >= 0.6 is 0 Å². The highest BCUT2D eigenvalue weighted by Crippen LogP contribution is 2.37. The maximum absolute atomic E-state index is 13.3. The molecule has 86 valence electrons. The van der Waals surface area contributed by atoms with Gasteiger partial charge in [-0.2, -0.15) is 0 Å². The Morgan fingerprint density at radius 3 is 2.62 bits per heavy atom. The molecular formula is C12H12F2O2. The molecule has 1 N–H and O–H groups in total. The molecule has 1 fully saturated rings. The Morgan fingerprint density at radius 1 is 1.38 bits per heavy atom. The topological polar surface area (TPSA) is 37.3 Å². The van der Waals surface area contributed by atoms with Crippen LogP contribution in [0.2, 0.25) is 0 Å². The van der Waals surface area contributed by atoms with Crippen molar-refractivity contribution in [2.75, 3.05) is 0 Å².